The van der Waals surface area contributed by atoms with Crippen molar-refractivity contribution in [2.45, 2.75) is 36.0 Å². The molecule has 1 aromatic carbocycles. The zero-order valence-corrected chi connectivity index (χ0v) is 22.7. The zero-order valence-electron chi connectivity index (χ0n) is 20.3. The van der Waals surface area contributed by atoms with Crippen molar-refractivity contribution in [3.63, 3.8) is 0 Å². The molecule has 3 heterocycles. The molecule has 37 heavy (non-hydrogen) atoms. The van der Waals surface area contributed by atoms with E-state index in [1.54, 1.807) is 4.90 Å². The Morgan fingerprint density at radius 3 is 2.14 bits per heavy atom. The predicted octanol–water partition coefficient (Wildman–Crippen LogP) is 2.26. The van der Waals surface area contributed by atoms with E-state index in [0.29, 0.717) is 38.3 Å². The Morgan fingerprint density at radius 2 is 1.65 bits per heavy atom. The van der Waals surface area contributed by atoms with Gasteiger partial charge in [-0.05, 0) is 36.5 Å². The maximum atomic E-state index is 13.1. The van der Waals surface area contributed by atoms with Crippen LogP contribution >= 0.6 is 11.6 Å². The number of hydrogen-bond acceptors (Lipinski definition) is 7. The predicted molar refractivity (Wildman–Crippen MR) is 128 cm³/mol. The highest BCUT2D eigenvalue weighted by molar-refractivity contribution is 7.91. The van der Waals surface area contributed by atoms with Crippen LogP contribution < -0.4 is 0 Å². The lowest BCUT2D eigenvalue weighted by molar-refractivity contribution is -0.142. The lowest BCUT2D eigenvalue weighted by atomic mass is 10.0. The van der Waals surface area contributed by atoms with E-state index >= 15 is 0 Å². The second kappa shape index (κ2) is 9.54. The molecule has 1 aromatic heterocycles. The van der Waals surface area contributed by atoms with Gasteiger partial charge >= 0.3 is 6.18 Å². The minimum absolute atomic E-state index is 0.0317. The Kier molecular flexibility index (Phi) is 7.19. The van der Waals surface area contributed by atoms with Crippen molar-refractivity contribution < 1.29 is 34.8 Å². The summed E-state index contributed by atoms with van der Waals surface area (Å²) in [6, 6.07) is 4.10. The summed E-state index contributed by atoms with van der Waals surface area (Å²) in [6.45, 7) is 3.36. The van der Waals surface area contributed by atoms with Crippen LogP contribution in [0.3, 0.4) is 0 Å². The van der Waals surface area contributed by atoms with Crippen LogP contribution in [0.5, 0.6) is 0 Å². The summed E-state index contributed by atoms with van der Waals surface area (Å²) in [7, 11) is -7.25. The molecule has 4 rings (SSSR count). The molecule has 0 saturated carbocycles. The van der Waals surface area contributed by atoms with Crippen molar-refractivity contribution in [1.82, 2.24) is 19.6 Å². The summed E-state index contributed by atoms with van der Waals surface area (Å²) in [4.78, 5) is 16.4. The Bertz CT molecular complexity index is 1440. The van der Waals surface area contributed by atoms with Gasteiger partial charge in [0.2, 0.25) is 5.91 Å². The number of sulfone groups is 2. The second-order valence-corrected chi connectivity index (χ2v) is 14.1. The summed E-state index contributed by atoms with van der Waals surface area (Å²) in [5.41, 5.74) is -0.655. The lowest BCUT2D eigenvalue weighted by Crippen LogP contribution is -2.35. The molecule has 0 bridgehead atoms. The number of benzene rings is 1. The molecule has 1 amide bonds. The topological polar surface area (TPSA) is 110 Å². The summed E-state index contributed by atoms with van der Waals surface area (Å²) < 4.78 is 88.6. The fourth-order valence-electron chi connectivity index (χ4n) is 4.99. The van der Waals surface area contributed by atoms with Crippen LogP contribution in [0.4, 0.5) is 13.2 Å². The third-order valence-corrected chi connectivity index (χ3v) is 9.60. The molecular formula is C22H26ClF3N4O5S2. The molecule has 2 saturated heterocycles. The smallest absolute Gasteiger partial charge is 0.340 e. The molecule has 0 radical (unpaired) electrons. The van der Waals surface area contributed by atoms with E-state index in [-0.39, 0.29) is 39.8 Å². The van der Waals surface area contributed by atoms with E-state index in [2.05, 4.69) is 10.00 Å². The molecule has 0 N–H and O–H groups in total. The first-order chi connectivity index (χ1) is 16.9. The number of likely N-dealkylation sites (tertiary alicyclic amines) is 2. The number of carbonyl (C=O) groups excluding carboxylic acids is 1. The van der Waals surface area contributed by atoms with Gasteiger partial charge in [0.1, 0.15) is 6.54 Å². The summed E-state index contributed by atoms with van der Waals surface area (Å²) in [5, 5.41) is 2.97. The van der Waals surface area contributed by atoms with Crippen LogP contribution in [-0.2, 0) is 43.7 Å². The van der Waals surface area contributed by atoms with E-state index < -0.39 is 36.6 Å². The minimum atomic E-state index is -4.72. The highest BCUT2D eigenvalue weighted by Gasteiger charge is 2.42. The van der Waals surface area contributed by atoms with E-state index in [1.807, 2.05) is 0 Å². The average Bonchev–Trinajstić information content (AvgIpc) is 3.40. The molecule has 0 aliphatic carbocycles. The van der Waals surface area contributed by atoms with Gasteiger partial charge in [-0.25, -0.2) is 16.8 Å². The van der Waals surface area contributed by atoms with Gasteiger partial charge < -0.3 is 4.90 Å². The SMILES string of the molecule is Cc1c(Cl)c(C(F)(F)F)nn1CC(=O)N1CC2CN(Cc3ccc(S(C)(=O)=O)cc3S(C)(=O)=O)CC2C1. The summed E-state index contributed by atoms with van der Waals surface area (Å²) >= 11 is 5.77. The molecule has 204 valence electrons. The number of aromatic nitrogens is 2. The second-order valence-electron chi connectivity index (χ2n) is 9.73. The van der Waals surface area contributed by atoms with E-state index in [9.17, 15) is 34.8 Å². The molecule has 2 aliphatic heterocycles. The molecule has 15 heteroatoms. The molecule has 2 aliphatic rings. The first-order valence-electron chi connectivity index (χ1n) is 11.3. The number of carbonyl (C=O) groups is 1. The largest absolute Gasteiger partial charge is 0.436 e. The molecule has 2 atom stereocenters. The lowest BCUT2D eigenvalue weighted by Gasteiger charge is -2.23. The number of fused-ring (bicyclic) bond motifs is 1. The number of amides is 1. The van der Waals surface area contributed by atoms with Gasteiger partial charge in [-0.1, -0.05) is 17.7 Å². The number of rotatable bonds is 6. The quantitative estimate of drug-likeness (QED) is 0.514. The van der Waals surface area contributed by atoms with Gasteiger partial charge in [0.05, 0.1) is 20.5 Å². The van der Waals surface area contributed by atoms with Gasteiger partial charge in [0.25, 0.3) is 0 Å². The normalized spacial score (nSPS) is 21.0. The van der Waals surface area contributed by atoms with Gasteiger partial charge in [-0.3, -0.25) is 14.4 Å². The number of hydrogen-bond donors (Lipinski definition) is 0. The third-order valence-electron chi connectivity index (χ3n) is 6.86. The van der Waals surface area contributed by atoms with E-state index in [4.69, 9.17) is 11.6 Å². The number of alkyl halides is 3. The first kappa shape index (κ1) is 27.9. The fourth-order valence-corrected chi connectivity index (χ4v) is 6.91. The van der Waals surface area contributed by atoms with Gasteiger partial charge in [0.15, 0.2) is 25.4 Å². The standard InChI is InChI=1S/C22H26ClF3N4O5S2/c1-13-20(23)21(22(24,25)26)27-30(13)12-19(31)29-10-15-8-28(9-16(15)11-29)7-14-4-5-17(36(2,32)33)6-18(14)37(3,34)35/h4-6,15-16H,7-12H2,1-3H3. The van der Waals surface area contributed by atoms with Crippen molar-refractivity contribution >= 4 is 37.2 Å². The monoisotopic (exact) mass is 582 g/mol. The van der Waals surface area contributed by atoms with Crippen molar-refractivity contribution in [3.8, 4) is 0 Å². The molecule has 0 spiro atoms. The number of nitrogens with zero attached hydrogens (tertiary/aromatic N) is 4. The van der Waals surface area contributed by atoms with Crippen molar-refractivity contribution in [2.75, 3.05) is 38.7 Å². The minimum Gasteiger partial charge on any atom is -0.340 e. The molecule has 2 fully saturated rings. The molecule has 2 unspecified atom stereocenters. The molecule has 9 nitrogen and oxygen atoms in total. The zero-order chi connectivity index (χ0) is 27.5. The van der Waals surface area contributed by atoms with Crippen LogP contribution in [0.1, 0.15) is 17.0 Å². The Labute approximate surface area is 218 Å². The van der Waals surface area contributed by atoms with Crippen LogP contribution in [0.15, 0.2) is 28.0 Å². The highest BCUT2D eigenvalue weighted by Crippen LogP contribution is 2.36. The van der Waals surface area contributed by atoms with Crippen LogP contribution in [0.25, 0.3) is 0 Å². The van der Waals surface area contributed by atoms with Crippen molar-refractivity contribution in [3.05, 3.63) is 40.2 Å². The fraction of sp³-hybridized carbons (Fsp3) is 0.545. The van der Waals surface area contributed by atoms with E-state index in [1.165, 1.54) is 25.1 Å². The summed E-state index contributed by atoms with van der Waals surface area (Å²) in [5.74, 6) is -0.115. The maximum absolute atomic E-state index is 13.1. The maximum Gasteiger partial charge on any atom is 0.436 e. The number of halogens is 4. The summed E-state index contributed by atoms with van der Waals surface area (Å²) in [6.07, 6.45) is -2.67. The Balaban J connectivity index is 1.41. The molecule has 2 aromatic rings. The van der Waals surface area contributed by atoms with Crippen molar-refractivity contribution in [2.24, 2.45) is 11.8 Å². The van der Waals surface area contributed by atoms with Gasteiger partial charge in [-0.15, -0.1) is 0 Å². The first-order valence-corrected chi connectivity index (χ1v) is 15.4. The third kappa shape index (κ3) is 5.81. The average molecular weight is 583 g/mol. The molecular weight excluding hydrogens is 557 g/mol. The van der Waals surface area contributed by atoms with Crippen LogP contribution in [0.2, 0.25) is 5.02 Å². The highest BCUT2D eigenvalue weighted by atomic mass is 35.5. The van der Waals surface area contributed by atoms with Crippen LogP contribution in [-0.4, -0.2) is 81.0 Å². The van der Waals surface area contributed by atoms with E-state index in [0.717, 1.165) is 17.2 Å². The Hall–Kier alpha value is -2.16. The Morgan fingerprint density at radius 1 is 1.05 bits per heavy atom. The van der Waals surface area contributed by atoms with Crippen LogP contribution in [0, 0.1) is 18.8 Å². The van der Waals surface area contributed by atoms with Gasteiger partial charge in [-0.2, -0.15) is 18.3 Å². The van der Waals surface area contributed by atoms with Gasteiger partial charge in [0, 0.05) is 45.2 Å². The van der Waals surface area contributed by atoms with Crippen molar-refractivity contribution in [1.29, 1.82) is 0 Å².